The van der Waals surface area contributed by atoms with Crippen molar-refractivity contribution in [2.24, 2.45) is 4.99 Å². The van der Waals surface area contributed by atoms with E-state index in [-0.39, 0.29) is 6.54 Å². The van der Waals surface area contributed by atoms with Gasteiger partial charge in [-0.1, -0.05) is 12.1 Å². The molecule has 1 unspecified atom stereocenters. The number of carboxylic acids is 1. The number of benzene rings is 1. The third-order valence-corrected chi connectivity index (χ3v) is 2.79. The van der Waals surface area contributed by atoms with Gasteiger partial charge in [0.1, 0.15) is 0 Å². The first-order valence-corrected chi connectivity index (χ1v) is 5.63. The van der Waals surface area contributed by atoms with E-state index in [1.165, 1.54) is 24.3 Å². The van der Waals surface area contributed by atoms with Crippen LogP contribution in [0.1, 0.15) is 17.2 Å². The van der Waals surface area contributed by atoms with Crippen LogP contribution < -0.4 is 0 Å². The van der Waals surface area contributed by atoms with Crippen molar-refractivity contribution in [3.8, 4) is 6.07 Å². The highest BCUT2D eigenvalue weighted by Crippen LogP contribution is 2.23. The molecule has 0 saturated carbocycles. The number of amides is 2. The molecular formula is C13H9N3O4. The van der Waals surface area contributed by atoms with Crippen LogP contribution in [0.4, 0.5) is 4.79 Å². The molecule has 1 heterocycles. The fourth-order valence-electron chi connectivity index (χ4n) is 1.88. The Morgan fingerprint density at radius 3 is 2.55 bits per heavy atom. The lowest BCUT2D eigenvalue weighted by atomic mass is 10.0. The summed E-state index contributed by atoms with van der Waals surface area (Å²) in [5.41, 5.74) is 0.673. The summed E-state index contributed by atoms with van der Waals surface area (Å²) >= 11 is 0. The number of aliphatic imine (C=N–C) groups is 1. The molecule has 7 heteroatoms. The Bertz CT molecular complexity index is 643. The molecule has 7 nitrogen and oxygen atoms in total. The van der Waals surface area contributed by atoms with Crippen LogP contribution in [0.3, 0.4) is 0 Å². The number of Topliss-reactive ketones (excluding diaryl/α,β-unsaturated/α-hetero) is 1. The van der Waals surface area contributed by atoms with Crippen LogP contribution in [0.15, 0.2) is 29.3 Å². The van der Waals surface area contributed by atoms with Gasteiger partial charge in [0.05, 0.1) is 24.4 Å². The second-order valence-electron chi connectivity index (χ2n) is 4.11. The monoisotopic (exact) mass is 271 g/mol. The van der Waals surface area contributed by atoms with Gasteiger partial charge >= 0.3 is 12.0 Å². The zero-order chi connectivity index (χ0) is 14.7. The third-order valence-electron chi connectivity index (χ3n) is 2.79. The molecule has 0 aliphatic carbocycles. The Morgan fingerprint density at radius 1 is 1.35 bits per heavy atom. The van der Waals surface area contributed by atoms with Crippen LogP contribution in [-0.2, 0) is 9.59 Å². The van der Waals surface area contributed by atoms with Crippen molar-refractivity contribution in [1.82, 2.24) is 4.90 Å². The summed E-state index contributed by atoms with van der Waals surface area (Å²) in [7, 11) is 0. The molecule has 0 bridgehead atoms. The lowest BCUT2D eigenvalue weighted by Gasteiger charge is -2.28. The standard InChI is InChI=1S/C13H9N3O4/c14-5-8-1-3-9(4-2-8)11(12(18)19)16-7-10(17)6-15-13(16)20/h1-4,6,11H,7H2,(H,18,19). The van der Waals surface area contributed by atoms with Crippen LogP contribution in [0.2, 0.25) is 0 Å². The molecule has 1 aromatic carbocycles. The van der Waals surface area contributed by atoms with Gasteiger partial charge in [-0.05, 0) is 17.7 Å². The molecule has 2 amide bonds. The summed E-state index contributed by atoms with van der Waals surface area (Å²) in [6, 6.07) is 5.60. The topological polar surface area (TPSA) is 111 Å². The zero-order valence-corrected chi connectivity index (χ0v) is 10.2. The smallest absolute Gasteiger partial charge is 0.345 e. The van der Waals surface area contributed by atoms with E-state index in [1.807, 2.05) is 6.07 Å². The van der Waals surface area contributed by atoms with Crippen LogP contribution in [0, 0.1) is 11.3 Å². The van der Waals surface area contributed by atoms with Gasteiger partial charge in [-0.15, -0.1) is 0 Å². The second-order valence-corrected chi connectivity index (χ2v) is 4.11. The number of carbonyl (C=O) groups is 3. The molecule has 0 saturated heterocycles. The quantitative estimate of drug-likeness (QED) is 0.872. The predicted molar refractivity (Wildman–Crippen MR) is 67.1 cm³/mol. The van der Waals surface area contributed by atoms with E-state index < -0.39 is 23.8 Å². The van der Waals surface area contributed by atoms with Gasteiger partial charge in [0.25, 0.3) is 0 Å². The van der Waals surface area contributed by atoms with Crippen molar-refractivity contribution >= 4 is 24.0 Å². The van der Waals surface area contributed by atoms with Crippen LogP contribution in [0.5, 0.6) is 0 Å². The number of urea groups is 1. The first-order valence-electron chi connectivity index (χ1n) is 5.63. The fourth-order valence-corrected chi connectivity index (χ4v) is 1.88. The van der Waals surface area contributed by atoms with E-state index in [0.717, 1.165) is 11.1 Å². The number of hydrogen-bond donors (Lipinski definition) is 1. The lowest BCUT2D eigenvalue weighted by molar-refractivity contribution is -0.142. The summed E-state index contributed by atoms with van der Waals surface area (Å²) in [6.45, 7) is -0.334. The van der Waals surface area contributed by atoms with Gasteiger partial charge < -0.3 is 5.11 Å². The molecule has 0 radical (unpaired) electrons. The van der Waals surface area contributed by atoms with E-state index in [2.05, 4.69) is 4.99 Å². The van der Waals surface area contributed by atoms with Crippen molar-refractivity contribution in [3.63, 3.8) is 0 Å². The van der Waals surface area contributed by atoms with Crippen molar-refractivity contribution < 1.29 is 19.5 Å². The molecule has 1 aliphatic rings. The van der Waals surface area contributed by atoms with Gasteiger partial charge in [-0.2, -0.15) is 10.3 Å². The summed E-state index contributed by atoms with van der Waals surface area (Å²) < 4.78 is 0. The van der Waals surface area contributed by atoms with Gasteiger partial charge in [0.15, 0.2) is 11.8 Å². The summed E-state index contributed by atoms with van der Waals surface area (Å²) in [6.07, 6.45) is 0.885. The first kappa shape index (κ1) is 13.4. The Labute approximate surface area is 113 Å². The minimum Gasteiger partial charge on any atom is -0.479 e. The molecule has 1 aliphatic heterocycles. The van der Waals surface area contributed by atoms with Gasteiger partial charge in [-0.3, -0.25) is 9.69 Å². The molecule has 1 atom stereocenters. The molecule has 1 aromatic rings. The highest BCUT2D eigenvalue weighted by atomic mass is 16.4. The third kappa shape index (κ3) is 2.54. The molecular weight excluding hydrogens is 262 g/mol. The van der Waals surface area contributed by atoms with Gasteiger partial charge in [0, 0.05) is 0 Å². The molecule has 0 aromatic heterocycles. The highest BCUT2D eigenvalue weighted by molar-refractivity contribution is 6.32. The largest absolute Gasteiger partial charge is 0.479 e. The number of aliphatic carboxylic acids is 1. The summed E-state index contributed by atoms with van der Waals surface area (Å²) in [5.74, 6) is -1.71. The molecule has 0 spiro atoms. The Balaban J connectivity index is 2.38. The maximum absolute atomic E-state index is 11.6. The maximum Gasteiger partial charge on any atom is 0.345 e. The average molecular weight is 271 g/mol. The normalized spacial score (nSPS) is 15.8. The number of nitriles is 1. The van der Waals surface area contributed by atoms with Crippen LogP contribution >= 0.6 is 0 Å². The minimum absolute atomic E-state index is 0.301. The molecule has 20 heavy (non-hydrogen) atoms. The summed E-state index contributed by atoms with van der Waals surface area (Å²) in [5, 5.41) is 18.0. The number of hydrogen-bond acceptors (Lipinski definition) is 4. The predicted octanol–water partition coefficient (Wildman–Crippen LogP) is 0.759. The number of carboxylic acid groups (broad SMARTS) is 1. The van der Waals surface area contributed by atoms with Crippen molar-refractivity contribution in [3.05, 3.63) is 35.4 Å². The maximum atomic E-state index is 11.6. The Morgan fingerprint density at radius 2 is 2.00 bits per heavy atom. The van der Waals surface area contributed by atoms with Crippen LogP contribution in [-0.4, -0.2) is 40.5 Å². The SMILES string of the molecule is N#Cc1ccc(C(C(=O)O)N2CC(=O)C=NC2=O)cc1. The van der Waals surface area contributed by atoms with E-state index in [1.54, 1.807) is 0 Å². The summed E-state index contributed by atoms with van der Waals surface area (Å²) in [4.78, 5) is 38.6. The molecule has 1 N–H and O–H groups in total. The second kappa shape index (κ2) is 5.32. The van der Waals surface area contributed by atoms with Crippen molar-refractivity contribution in [2.45, 2.75) is 6.04 Å². The molecule has 0 fully saturated rings. The van der Waals surface area contributed by atoms with E-state index in [0.29, 0.717) is 11.1 Å². The van der Waals surface area contributed by atoms with Gasteiger partial charge in [0.2, 0.25) is 0 Å². The Hall–Kier alpha value is -3.01. The molecule has 2 rings (SSSR count). The van der Waals surface area contributed by atoms with Crippen molar-refractivity contribution in [1.29, 1.82) is 5.26 Å². The molecule has 100 valence electrons. The number of ketones is 1. The van der Waals surface area contributed by atoms with E-state index in [9.17, 15) is 19.5 Å². The number of rotatable bonds is 3. The number of nitrogens with zero attached hydrogens (tertiary/aromatic N) is 3. The minimum atomic E-state index is -1.31. The highest BCUT2D eigenvalue weighted by Gasteiger charge is 2.34. The van der Waals surface area contributed by atoms with E-state index >= 15 is 0 Å². The first-order chi connectivity index (χ1) is 9.52. The van der Waals surface area contributed by atoms with Crippen LogP contribution in [0.25, 0.3) is 0 Å². The number of carbonyl (C=O) groups excluding carboxylic acids is 2. The van der Waals surface area contributed by atoms with Crippen molar-refractivity contribution in [2.75, 3.05) is 6.54 Å². The average Bonchev–Trinajstić information content (AvgIpc) is 2.43. The zero-order valence-electron chi connectivity index (χ0n) is 10.2. The van der Waals surface area contributed by atoms with E-state index in [4.69, 9.17) is 5.26 Å². The Kier molecular flexibility index (Phi) is 3.57. The fraction of sp³-hybridized carbons (Fsp3) is 0.154. The van der Waals surface area contributed by atoms with Gasteiger partial charge in [-0.25, -0.2) is 9.59 Å². The lowest BCUT2D eigenvalue weighted by Crippen LogP contribution is -2.43.